The normalized spacial score (nSPS) is 10.4. The van der Waals surface area contributed by atoms with Gasteiger partial charge in [0.05, 0.1) is 30.5 Å². The van der Waals surface area contributed by atoms with Crippen LogP contribution in [0.3, 0.4) is 0 Å². The molecular weight excluding hydrogens is 410 g/mol. The minimum Gasteiger partial charge on any atom is -0.448 e. The van der Waals surface area contributed by atoms with Crippen LogP contribution in [0.1, 0.15) is 11.1 Å². The van der Waals surface area contributed by atoms with Crippen LogP contribution in [0, 0.1) is 11.3 Å². The standard InChI is InChI=1S/C23H23N5O4/c24-15-17-4-6-19(7-5-17)21-8-9-22(30)28(27-21)16-18-2-1-3-20(14-18)26-23(31)32-13-11-25-10-12-29/h1-9,14,25,29H,10-13,16H2,(H,26,31). The molecule has 1 aromatic heterocycles. The summed E-state index contributed by atoms with van der Waals surface area (Å²) < 4.78 is 6.41. The second kappa shape index (κ2) is 11.4. The van der Waals surface area contributed by atoms with Crippen LogP contribution in [0.2, 0.25) is 0 Å². The summed E-state index contributed by atoms with van der Waals surface area (Å²) in [6.45, 7) is 1.30. The number of ether oxygens (including phenoxy) is 1. The van der Waals surface area contributed by atoms with Gasteiger partial charge in [0.15, 0.2) is 0 Å². The molecule has 0 unspecified atom stereocenters. The fourth-order valence-corrected chi connectivity index (χ4v) is 2.93. The quantitative estimate of drug-likeness (QED) is 0.440. The molecule has 3 N–H and O–H groups in total. The molecule has 0 radical (unpaired) electrons. The Morgan fingerprint density at radius 2 is 1.94 bits per heavy atom. The number of nitrogens with zero attached hydrogens (tertiary/aromatic N) is 3. The summed E-state index contributed by atoms with van der Waals surface area (Å²) in [6, 6.07) is 19.2. The van der Waals surface area contributed by atoms with E-state index in [4.69, 9.17) is 15.1 Å². The van der Waals surface area contributed by atoms with Crippen LogP contribution >= 0.6 is 0 Å². The minimum absolute atomic E-state index is 0.0211. The molecule has 0 aliphatic carbocycles. The molecule has 164 valence electrons. The van der Waals surface area contributed by atoms with Crippen LogP contribution in [-0.4, -0.2) is 47.3 Å². The van der Waals surface area contributed by atoms with Gasteiger partial charge in [0, 0.05) is 30.4 Å². The molecule has 1 amide bonds. The number of aliphatic hydroxyl groups is 1. The zero-order chi connectivity index (χ0) is 22.8. The van der Waals surface area contributed by atoms with Crippen molar-refractivity contribution in [2.75, 3.05) is 31.6 Å². The topological polar surface area (TPSA) is 129 Å². The van der Waals surface area contributed by atoms with E-state index in [9.17, 15) is 9.59 Å². The van der Waals surface area contributed by atoms with E-state index in [1.54, 1.807) is 48.5 Å². The zero-order valence-electron chi connectivity index (χ0n) is 17.3. The number of aliphatic hydroxyl groups excluding tert-OH is 1. The number of hydrogen-bond donors (Lipinski definition) is 3. The molecule has 0 spiro atoms. The highest BCUT2D eigenvalue weighted by Gasteiger charge is 2.07. The summed E-state index contributed by atoms with van der Waals surface area (Å²) in [5.41, 5.74) is 3.01. The van der Waals surface area contributed by atoms with E-state index in [0.29, 0.717) is 30.0 Å². The Bertz CT molecular complexity index is 1150. The van der Waals surface area contributed by atoms with Crippen molar-refractivity contribution in [2.45, 2.75) is 6.54 Å². The van der Waals surface area contributed by atoms with Gasteiger partial charge in [-0.25, -0.2) is 9.48 Å². The molecule has 3 rings (SSSR count). The Morgan fingerprint density at radius 1 is 1.12 bits per heavy atom. The van der Waals surface area contributed by atoms with Gasteiger partial charge in [0.2, 0.25) is 0 Å². The highest BCUT2D eigenvalue weighted by atomic mass is 16.5. The number of nitriles is 1. The molecule has 0 bridgehead atoms. The zero-order valence-corrected chi connectivity index (χ0v) is 17.3. The largest absolute Gasteiger partial charge is 0.448 e. The third kappa shape index (κ3) is 6.50. The second-order valence-electron chi connectivity index (χ2n) is 6.84. The Kier molecular flexibility index (Phi) is 8.09. The molecule has 0 aliphatic rings. The van der Waals surface area contributed by atoms with Crippen molar-refractivity contribution in [3.05, 3.63) is 82.1 Å². The Balaban J connectivity index is 1.66. The smallest absolute Gasteiger partial charge is 0.411 e. The summed E-state index contributed by atoms with van der Waals surface area (Å²) in [7, 11) is 0. The number of benzene rings is 2. The van der Waals surface area contributed by atoms with Crippen LogP contribution < -0.4 is 16.2 Å². The number of carbonyl (C=O) groups excluding carboxylic acids is 1. The molecule has 0 aliphatic heterocycles. The molecule has 32 heavy (non-hydrogen) atoms. The van der Waals surface area contributed by atoms with Crippen molar-refractivity contribution < 1.29 is 14.6 Å². The average molecular weight is 433 g/mol. The predicted octanol–water partition coefficient (Wildman–Crippen LogP) is 1.96. The van der Waals surface area contributed by atoms with Gasteiger partial charge in [-0.05, 0) is 35.9 Å². The molecule has 9 nitrogen and oxygen atoms in total. The van der Waals surface area contributed by atoms with Gasteiger partial charge < -0.3 is 15.2 Å². The summed E-state index contributed by atoms with van der Waals surface area (Å²) in [5, 5.41) is 27.6. The SMILES string of the molecule is N#Cc1ccc(-c2ccc(=O)n(Cc3cccc(NC(=O)OCCNCCO)c3)n2)cc1. The minimum atomic E-state index is -0.592. The maximum Gasteiger partial charge on any atom is 0.411 e. The van der Waals surface area contributed by atoms with Crippen molar-refractivity contribution >= 4 is 11.8 Å². The van der Waals surface area contributed by atoms with Gasteiger partial charge in [0.25, 0.3) is 5.56 Å². The molecular formula is C23H23N5O4. The number of rotatable bonds is 9. The molecule has 2 aromatic carbocycles. The first-order valence-corrected chi connectivity index (χ1v) is 10.0. The lowest BCUT2D eigenvalue weighted by Crippen LogP contribution is -2.25. The van der Waals surface area contributed by atoms with Crippen molar-refractivity contribution in [2.24, 2.45) is 0 Å². The third-order valence-electron chi connectivity index (χ3n) is 4.48. The van der Waals surface area contributed by atoms with Crippen molar-refractivity contribution in [1.82, 2.24) is 15.1 Å². The lowest BCUT2D eigenvalue weighted by molar-refractivity contribution is 0.161. The van der Waals surface area contributed by atoms with Gasteiger partial charge in [-0.3, -0.25) is 10.1 Å². The van der Waals surface area contributed by atoms with E-state index in [1.165, 1.54) is 10.7 Å². The van der Waals surface area contributed by atoms with E-state index < -0.39 is 6.09 Å². The highest BCUT2D eigenvalue weighted by Crippen LogP contribution is 2.17. The molecule has 3 aromatic rings. The van der Waals surface area contributed by atoms with Crippen molar-refractivity contribution in [3.63, 3.8) is 0 Å². The van der Waals surface area contributed by atoms with Gasteiger partial charge in [-0.15, -0.1) is 0 Å². The Hall–Kier alpha value is -4.00. The summed E-state index contributed by atoms with van der Waals surface area (Å²) >= 11 is 0. The molecule has 0 atom stereocenters. The van der Waals surface area contributed by atoms with Crippen molar-refractivity contribution in [3.8, 4) is 17.3 Å². The maximum atomic E-state index is 12.3. The van der Waals surface area contributed by atoms with Crippen LogP contribution in [0.15, 0.2) is 65.5 Å². The summed E-state index contributed by atoms with van der Waals surface area (Å²) in [6.07, 6.45) is -0.592. The Labute approximate surface area is 184 Å². The fourth-order valence-electron chi connectivity index (χ4n) is 2.93. The first-order chi connectivity index (χ1) is 15.6. The van der Waals surface area contributed by atoms with E-state index >= 15 is 0 Å². The van der Waals surface area contributed by atoms with Crippen LogP contribution in [-0.2, 0) is 11.3 Å². The first-order valence-electron chi connectivity index (χ1n) is 10.0. The van der Waals surface area contributed by atoms with Gasteiger partial charge >= 0.3 is 6.09 Å². The van der Waals surface area contributed by atoms with Crippen LogP contribution in [0.25, 0.3) is 11.3 Å². The van der Waals surface area contributed by atoms with E-state index in [0.717, 1.165) is 11.1 Å². The molecule has 0 fully saturated rings. The number of carbonyl (C=O) groups is 1. The third-order valence-corrected chi connectivity index (χ3v) is 4.48. The monoisotopic (exact) mass is 433 g/mol. The summed E-state index contributed by atoms with van der Waals surface area (Å²) in [4.78, 5) is 24.2. The summed E-state index contributed by atoms with van der Waals surface area (Å²) in [5.74, 6) is 0. The van der Waals surface area contributed by atoms with E-state index in [-0.39, 0.29) is 25.3 Å². The van der Waals surface area contributed by atoms with Gasteiger partial charge in [-0.1, -0.05) is 24.3 Å². The number of hydrogen-bond acceptors (Lipinski definition) is 7. The van der Waals surface area contributed by atoms with Crippen LogP contribution in [0.4, 0.5) is 10.5 Å². The average Bonchev–Trinajstić information content (AvgIpc) is 2.81. The van der Waals surface area contributed by atoms with E-state index in [1.807, 2.05) is 6.07 Å². The number of anilines is 1. The van der Waals surface area contributed by atoms with E-state index in [2.05, 4.69) is 21.8 Å². The fraction of sp³-hybridized carbons (Fsp3) is 0.217. The predicted molar refractivity (Wildman–Crippen MR) is 119 cm³/mol. The molecule has 1 heterocycles. The molecule has 0 saturated carbocycles. The second-order valence-corrected chi connectivity index (χ2v) is 6.84. The van der Waals surface area contributed by atoms with Gasteiger partial charge in [-0.2, -0.15) is 10.4 Å². The number of aromatic nitrogens is 2. The highest BCUT2D eigenvalue weighted by molar-refractivity contribution is 5.84. The van der Waals surface area contributed by atoms with Gasteiger partial charge in [0.1, 0.15) is 6.61 Å². The number of nitrogens with one attached hydrogen (secondary N) is 2. The lowest BCUT2D eigenvalue weighted by atomic mass is 10.1. The maximum absolute atomic E-state index is 12.3. The first kappa shape index (κ1) is 22.7. The number of amides is 1. The Morgan fingerprint density at radius 3 is 2.69 bits per heavy atom. The molecule has 0 saturated heterocycles. The van der Waals surface area contributed by atoms with Crippen LogP contribution in [0.5, 0.6) is 0 Å². The lowest BCUT2D eigenvalue weighted by Gasteiger charge is -2.10. The van der Waals surface area contributed by atoms with Crippen molar-refractivity contribution in [1.29, 1.82) is 5.26 Å². The molecule has 9 heteroatoms.